The maximum Gasteiger partial charge on any atom is 0.275 e. The molecule has 2 aliphatic rings. The van der Waals surface area contributed by atoms with Crippen molar-refractivity contribution < 1.29 is 13.9 Å². The number of furan rings is 1. The van der Waals surface area contributed by atoms with E-state index in [1.165, 1.54) is 18.0 Å². The maximum atomic E-state index is 11.5. The van der Waals surface area contributed by atoms with Crippen molar-refractivity contribution in [3.8, 4) is 0 Å². The van der Waals surface area contributed by atoms with E-state index in [1.807, 2.05) is 0 Å². The van der Waals surface area contributed by atoms with Gasteiger partial charge in [-0.05, 0) is 18.9 Å². The van der Waals surface area contributed by atoms with Crippen molar-refractivity contribution in [2.75, 3.05) is 5.75 Å². The van der Waals surface area contributed by atoms with Gasteiger partial charge >= 0.3 is 0 Å². The van der Waals surface area contributed by atoms with Gasteiger partial charge in [-0.3, -0.25) is 4.79 Å². The Morgan fingerprint density at radius 1 is 1.63 bits per heavy atom. The minimum atomic E-state index is 0.00779. The fourth-order valence-electron chi connectivity index (χ4n) is 1.57. The molecule has 0 aromatic carbocycles. The molecule has 1 aromatic heterocycles. The van der Waals surface area contributed by atoms with Crippen LogP contribution in [0.1, 0.15) is 12.8 Å². The number of hydrogen-bond acceptors (Lipinski definition) is 6. The lowest BCUT2D eigenvalue weighted by Crippen LogP contribution is -2.27. The van der Waals surface area contributed by atoms with Gasteiger partial charge in [0.25, 0.3) is 5.23 Å². The zero-order chi connectivity index (χ0) is 13.2. The maximum absolute atomic E-state index is 11.5. The molecular formula is C12H13N3O3S. The molecule has 0 atom stereocenters. The summed E-state index contributed by atoms with van der Waals surface area (Å²) in [4.78, 5) is 11.5. The first-order chi connectivity index (χ1) is 9.22. The highest BCUT2D eigenvalue weighted by molar-refractivity contribution is 8.14. The van der Waals surface area contributed by atoms with Gasteiger partial charge in [0.05, 0.1) is 17.2 Å². The van der Waals surface area contributed by atoms with E-state index in [0.29, 0.717) is 28.3 Å². The third kappa shape index (κ3) is 2.93. The second-order valence-electron chi connectivity index (χ2n) is 4.31. The SMILES string of the molecule is C=c1occc1=C1NN=C(SCC(=O)NC2CC2)O1. The van der Waals surface area contributed by atoms with Crippen LogP contribution < -0.4 is 21.4 Å². The summed E-state index contributed by atoms with van der Waals surface area (Å²) >= 11 is 1.25. The van der Waals surface area contributed by atoms with Crippen molar-refractivity contribution in [2.24, 2.45) is 5.10 Å². The van der Waals surface area contributed by atoms with Crippen molar-refractivity contribution in [3.63, 3.8) is 0 Å². The van der Waals surface area contributed by atoms with Gasteiger partial charge in [0.15, 0.2) is 0 Å². The van der Waals surface area contributed by atoms with Gasteiger partial charge in [0.2, 0.25) is 11.8 Å². The number of ether oxygens (including phenoxy) is 1. The third-order valence-electron chi connectivity index (χ3n) is 2.70. The number of rotatable bonds is 3. The number of nitrogens with zero attached hydrogens (tertiary/aromatic N) is 1. The van der Waals surface area contributed by atoms with E-state index in [0.717, 1.165) is 18.1 Å². The van der Waals surface area contributed by atoms with Gasteiger partial charge < -0.3 is 14.5 Å². The van der Waals surface area contributed by atoms with Crippen LogP contribution in [-0.2, 0) is 9.53 Å². The van der Waals surface area contributed by atoms with Gasteiger partial charge in [-0.2, -0.15) is 0 Å². The lowest BCUT2D eigenvalue weighted by molar-refractivity contribution is -0.118. The fraction of sp³-hybridized carbons (Fsp3) is 0.333. The second-order valence-corrected chi connectivity index (χ2v) is 5.24. The summed E-state index contributed by atoms with van der Waals surface area (Å²) in [6, 6.07) is 2.12. The number of amides is 1. The van der Waals surface area contributed by atoms with E-state index < -0.39 is 0 Å². The van der Waals surface area contributed by atoms with Crippen LogP contribution in [0, 0.1) is 0 Å². The van der Waals surface area contributed by atoms with Gasteiger partial charge in [-0.15, -0.1) is 5.10 Å². The summed E-state index contributed by atoms with van der Waals surface area (Å²) < 4.78 is 10.6. The van der Waals surface area contributed by atoms with Crippen molar-refractivity contribution in [3.05, 3.63) is 23.0 Å². The van der Waals surface area contributed by atoms with Crippen molar-refractivity contribution in [2.45, 2.75) is 18.9 Å². The summed E-state index contributed by atoms with van der Waals surface area (Å²) in [6.45, 7) is 3.73. The molecule has 6 nitrogen and oxygen atoms in total. The summed E-state index contributed by atoms with van der Waals surface area (Å²) in [5.41, 5.74) is 3.27. The molecule has 1 saturated carbocycles. The van der Waals surface area contributed by atoms with E-state index in [1.54, 1.807) is 6.07 Å². The highest BCUT2D eigenvalue weighted by Crippen LogP contribution is 2.19. The minimum Gasteiger partial charge on any atom is -0.465 e. The Morgan fingerprint density at radius 2 is 2.47 bits per heavy atom. The molecule has 3 rings (SSSR count). The molecule has 1 aliphatic heterocycles. The molecule has 7 heteroatoms. The molecule has 1 aromatic rings. The van der Waals surface area contributed by atoms with Gasteiger partial charge in [0.1, 0.15) is 5.42 Å². The van der Waals surface area contributed by atoms with Crippen molar-refractivity contribution in [1.82, 2.24) is 10.7 Å². The predicted octanol–water partition coefficient (Wildman–Crippen LogP) is -0.342. The van der Waals surface area contributed by atoms with Crippen molar-refractivity contribution in [1.29, 1.82) is 0 Å². The van der Waals surface area contributed by atoms with E-state index in [-0.39, 0.29) is 5.91 Å². The van der Waals surface area contributed by atoms with Crippen LogP contribution in [0.5, 0.6) is 0 Å². The highest BCUT2D eigenvalue weighted by atomic mass is 32.2. The molecule has 1 aliphatic carbocycles. The average Bonchev–Trinajstić information content (AvgIpc) is 2.90. The van der Waals surface area contributed by atoms with E-state index in [9.17, 15) is 4.79 Å². The Labute approximate surface area is 113 Å². The van der Waals surface area contributed by atoms with Gasteiger partial charge in [-0.1, -0.05) is 18.3 Å². The Morgan fingerprint density at radius 3 is 3.16 bits per heavy atom. The topological polar surface area (TPSA) is 75.9 Å². The highest BCUT2D eigenvalue weighted by Gasteiger charge is 2.24. The molecular weight excluding hydrogens is 266 g/mol. The molecule has 0 unspecified atom stereocenters. The second kappa shape index (κ2) is 5.00. The molecule has 1 fully saturated rings. The standard InChI is InChI=1S/C12H13N3O3S/c1-7-9(4-5-17-7)11-14-15-12(18-11)19-6-10(16)13-8-2-3-8/h4-5,8,14H,1-3,6H2,(H,13,16). The number of hydrogen-bond donors (Lipinski definition) is 2. The third-order valence-corrected chi connectivity index (χ3v) is 3.53. The lowest BCUT2D eigenvalue weighted by atomic mass is 10.4. The average molecular weight is 279 g/mol. The molecule has 19 heavy (non-hydrogen) atoms. The fourth-order valence-corrected chi connectivity index (χ4v) is 2.16. The first-order valence-corrected chi connectivity index (χ1v) is 6.91. The number of carbonyl (C=O) groups is 1. The molecule has 100 valence electrons. The summed E-state index contributed by atoms with van der Waals surface area (Å²) in [5.74, 6) is 0.782. The van der Waals surface area contributed by atoms with Crippen LogP contribution in [0.4, 0.5) is 0 Å². The first-order valence-electron chi connectivity index (χ1n) is 5.93. The van der Waals surface area contributed by atoms with Gasteiger partial charge in [0, 0.05) is 6.04 Å². The Kier molecular flexibility index (Phi) is 3.20. The summed E-state index contributed by atoms with van der Waals surface area (Å²) in [7, 11) is 0. The normalized spacial score (nSPS) is 20.5. The summed E-state index contributed by atoms with van der Waals surface area (Å²) in [6.07, 6.45) is 3.70. The molecule has 0 spiro atoms. The largest absolute Gasteiger partial charge is 0.465 e. The van der Waals surface area contributed by atoms with Crippen LogP contribution in [0.2, 0.25) is 0 Å². The molecule has 0 bridgehead atoms. The van der Waals surface area contributed by atoms with Crippen LogP contribution in [0.3, 0.4) is 0 Å². The summed E-state index contributed by atoms with van der Waals surface area (Å²) in [5, 5.41) is 8.05. The zero-order valence-electron chi connectivity index (χ0n) is 10.1. The quantitative estimate of drug-likeness (QED) is 0.791. The zero-order valence-corrected chi connectivity index (χ0v) is 11.0. The first kappa shape index (κ1) is 12.2. The number of nitrogens with one attached hydrogen (secondary N) is 2. The Balaban J connectivity index is 1.56. The molecule has 2 heterocycles. The molecule has 0 radical (unpaired) electrons. The van der Waals surface area contributed by atoms with Crippen LogP contribution >= 0.6 is 11.8 Å². The van der Waals surface area contributed by atoms with Crippen LogP contribution in [0.25, 0.3) is 12.5 Å². The smallest absolute Gasteiger partial charge is 0.275 e. The van der Waals surface area contributed by atoms with Gasteiger partial charge in [-0.25, -0.2) is 5.43 Å². The molecule has 1 amide bonds. The van der Waals surface area contributed by atoms with E-state index in [2.05, 4.69) is 22.4 Å². The van der Waals surface area contributed by atoms with E-state index >= 15 is 0 Å². The molecule has 2 N–H and O–H groups in total. The predicted molar refractivity (Wildman–Crippen MR) is 72.2 cm³/mol. The number of hydrazone groups is 1. The Hall–Kier alpha value is -1.89. The van der Waals surface area contributed by atoms with Crippen molar-refractivity contribution >= 4 is 35.4 Å². The monoisotopic (exact) mass is 279 g/mol. The van der Waals surface area contributed by atoms with E-state index in [4.69, 9.17) is 9.15 Å². The lowest BCUT2D eigenvalue weighted by Gasteiger charge is -2.02. The number of thioether (sulfide) groups is 1. The van der Waals surface area contributed by atoms with Crippen LogP contribution in [0.15, 0.2) is 21.8 Å². The number of carbonyl (C=O) groups excluding carboxylic acids is 1. The molecule has 0 saturated heterocycles. The Bertz CT molecular complexity index is 633. The van der Waals surface area contributed by atoms with Crippen LogP contribution in [-0.4, -0.2) is 22.9 Å². The minimum absolute atomic E-state index is 0.00779.